The first-order chi connectivity index (χ1) is 9.15. The third kappa shape index (κ3) is 8.97. The van der Waals surface area contributed by atoms with Crippen LogP contribution in [0.4, 0.5) is 4.79 Å². The highest BCUT2D eigenvalue weighted by molar-refractivity contribution is 5.80. The lowest BCUT2D eigenvalue weighted by Crippen LogP contribution is -2.43. The number of hydrogen-bond acceptors (Lipinski definition) is 5. The highest BCUT2D eigenvalue weighted by Crippen LogP contribution is 2.07. The number of rotatable bonds is 6. The third-order valence-corrected chi connectivity index (χ3v) is 2.07. The second kappa shape index (κ2) is 8.20. The van der Waals surface area contributed by atoms with Crippen molar-refractivity contribution in [2.24, 2.45) is 16.6 Å². The zero-order valence-corrected chi connectivity index (χ0v) is 12.0. The fraction of sp³-hybridized carbons (Fsp3) is 0.727. The van der Waals surface area contributed by atoms with Crippen molar-refractivity contribution in [2.45, 2.75) is 45.3 Å². The van der Waals surface area contributed by atoms with Crippen molar-refractivity contribution in [2.75, 3.05) is 6.54 Å². The predicted molar refractivity (Wildman–Crippen MR) is 73.8 cm³/mol. The molecule has 0 aliphatic heterocycles. The van der Waals surface area contributed by atoms with Gasteiger partial charge < -0.3 is 20.9 Å². The van der Waals surface area contributed by atoms with Crippen LogP contribution < -0.4 is 22.3 Å². The van der Waals surface area contributed by atoms with Gasteiger partial charge in [0.15, 0.2) is 0 Å². The summed E-state index contributed by atoms with van der Waals surface area (Å²) < 4.78 is 4.99. The van der Waals surface area contributed by atoms with Crippen molar-refractivity contribution in [1.29, 1.82) is 0 Å². The molecule has 0 aliphatic rings. The number of carboxylic acids is 1. The lowest BCUT2D eigenvalue weighted by atomic mass is 10.1. The summed E-state index contributed by atoms with van der Waals surface area (Å²) in [6.45, 7) is 5.38. The first-order valence-electron chi connectivity index (χ1n) is 6.14. The molecule has 9 heteroatoms. The average molecular weight is 289 g/mol. The van der Waals surface area contributed by atoms with Gasteiger partial charge in [0.2, 0.25) is 5.96 Å². The Kier molecular flexibility index (Phi) is 7.37. The minimum absolute atomic E-state index is 0.0666. The van der Waals surface area contributed by atoms with E-state index in [1.165, 1.54) is 0 Å². The Hall–Kier alpha value is -2.03. The zero-order valence-electron chi connectivity index (χ0n) is 12.0. The summed E-state index contributed by atoms with van der Waals surface area (Å²) in [6, 6.07) is -1.04. The van der Waals surface area contributed by atoms with Gasteiger partial charge in [0.25, 0.3) is 0 Å². The van der Waals surface area contributed by atoms with Crippen LogP contribution in [0.15, 0.2) is 4.99 Å². The molecule has 0 aromatic carbocycles. The lowest BCUT2D eigenvalue weighted by Gasteiger charge is -2.21. The number of carbonyl (C=O) groups excluding carboxylic acids is 1. The van der Waals surface area contributed by atoms with Crippen LogP contribution in [-0.4, -0.2) is 41.3 Å². The van der Waals surface area contributed by atoms with Crippen LogP contribution in [0, 0.1) is 0 Å². The molecule has 0 saturated carbocycles. The molecule has 1 unspecified atom stereocenters. The van der Waals surface area contributed by atoms with Crippen molar-refractivity contribution in [3.8, 4) is 0 Å². The van der Waals surface area contributed by atoms with E-state index in [0.29, 0.717) is 13.0 Å². The van der Waals surface area contributed by atoms with Crippen LogP contribution in [0.1, 0.15) is 33.6 Å². The number of guanidine groups is 1. The van der Waals surface area contributed by atoms with Gasteiger partial charge >= 0.3 is 12.1 Å². The summed E-state index contributed by atoms with van der Waals surface area (Å²) >= 11 is 0. The number of alkyl carbamates (subject to hydrolysis) is 1. The molecule has 0 rings (SSSR count). The molecule has 9 nitrogen and oxygen atoms in total. The molecule has 0 heterocycles. The Morgan fingerprint density at radius 1 is 1.40 bits per heavy atom. The van der Waals surface area contributed by atoms with Crippen LogP contribution in [0.25, 0.3) is 0 Å². The fourth-order valence-electron chi connectivity index (χ4n) is 1.25. The molecular weight excluding hydrogens is 266 g/mol. The quantitative estimate of drug-likeness (QED) is 0.145. The molecular formula is C11H23N5O4. The molecule has 0 bridgehead atoms. The number of ether oxygens (including phenoxy) is 1. The molecule has 0 aliphatic carbocycles. The number of nitrogens with one attached hydrogen (secondary N) is 2. The zero-order chi connectivity index (χ0) is 15.8. The van der Waals surface area contributed by atoms with Gasteiger partial charge in [-0.05, 0) is 33.6 Å². The molecule has 0 aromatic heterocycles. The van der Waals surface area contributed by atoms with E-state index < -0.39 is 23.7 Å². The van der Waals surface area contributed by atoms with Crippen molar-refractivity contribution >= 4 is 18.0 Å². The smallest absolute Gasteiger partial charge is 0.408 e. The molecule has 0 spiro atoms. The minimum atomic E-state index is -1.13. The summed E-state index contributed by atoms with van der Waals surface area (Å²) in [5.74, 6) is 3.95. The van der Waals surface area contributed by atoms with Gasteiger partial charge in [0.1, 0.15) is 11.6 Å². The van der Waals surface area contributed by atoms with Crippen molar-refractivity contribution in [1.82, 2.24) is 10.7 Å². The Morgan fingerprint density at radius 2 is 2.00 bits per heavy atom. The monoisotopic (exact) mass is 289 g/mol. The molecule has 1 atom stereocenters. The van der Waals surface area contributed by atoms with E-state index in [1.807, 2.05) is 0 Å². The maximum Gasteiger partial charge on any atom is 0.408 e. The number of aliphatic imine (C=N–C) groups is 1. The highest BCUT2D eigenvalue weighted by atomic mass is 16.6. The first kappa shape index (κ1) is 18.0. The normalized spacial score (nSPS) is 13.5. The second-order valence-electron chi connectivity index (χ2n) is 5.09. The summed E-state index contributed by atoms with van der Waals surface area (Å²) in [6.07, 6.45) is -0.137. The third-order valence-electron chi connectivity index (χ3n) is 2.07. The van der Waals surface area contributed by atoms with Gasteiger partial charge in [-0.25, -0.2) is 15.4 Å². The molecule has 0 fully saturated rings. The van der Waals surface area contributed by atoms with Gasteiger partial charge in [-0.1, -0.05) is 0 Å². The van der Waals surface area contributed by atoms with E-state index in [0.717, 1.165) is 0 Å². The van der Waals surface area contributed by atoms with E-state index in [9.17, 15) is 9.59 Å². The number of amides is 1. The highest BCUT2D eigenvalue weighted by Gasteiger charge is 2.23. The molecule has 0 aromatic rings. The summed E-state index contributed by atoms with van der Waals surface area (Å²) in [4.78, 5) is 26.3. The largest absolute Gasteiger partial charge is 0.480 e. The summed E-state index contributed by atoms with van der Waals surface area (Å²) in [5, 5.41) is 11.3. The maximum absolute atomic E-state index is 11.5. The topological polar surface area (TPSA) is 152 Å². The van der Waals surface area contributed by atoms with Gasteiger partial charge in [-0.3, -0.25) is 10.4 Å². The molecule has 116 valence electrons. The molecule has 1 amide bonds. The van der Waals surface area contributed by atoms with Gasteiger partial charge in [0, 0.05) is 6.54 Å². The van der Waals surface area contributed by atoms with Gasteiger partial charge in [0.05, 0.1) is 0 Å². The summed E-state index contributed by atoms with van der Waals surface area (Å²) in [7, 11) is 0. The van der Waals surface area contributed by atoms with Crippen molar-refractivity contribution in [3.63, 3.8) is 0 Å². The predicted octanol–water partition coefficient (Wildman–Crippen LogP) is -0.477. The average Bonchev–Trinajstić information content (AvgIpc) is 2.29. The summed E-state index contributed by atoms with van der Waals surface area (Å²) in [5.41, 5.74) is 6.78. The SMILES string of the molecule is CC(C)(C)OC(=O)NC(CCCN=C(N)NN)C(=O)O. The fourth-order valence-corrected chi connectivity index (χ4v) is 1.25. The van der Waals surface area contributed by atoms with Crippen molar-refractivity contribution < 1.29 is 19.4 Å². The lowest BCUT2D eigenvalue weighted by molar-refractivity contribution is -0.139. The Bertz CT molecular complexity index is 364. The van der Waals surface area contributed by atoms with Crippen LogP contribution in [0.3, 0.4) is 0 Å². The molecule has 7 N–H and O–H groups in total. The number of hydrazine groups is 1. The Morgan fingerprint density at radius 3 is 2.45 bits per heavy atom. The second-order valence-corrected chi connectivity index (χ2v) is 5.09. The number of aliphatic carboxylic acids is 1. The van der Waals surface area contributed by atoms with Crippen LogP contribution in [0.2, 0.25) is 0 Å². The standard InChI is InChI=1S/C11H23N5O4/c1-11(2,3)20-10(19)15-7(8(17)18)5-4-6-14-9(12)16-13/h7H,4-6,13H2,1-3H3,(H,15,19)(H,17,18)(H3,12,14,16). The van der Waals surface area contributed by atoms with E-state index >= 15 is 0 Å². The van der Waals surface area contributed by atoms with Crippen LogP contribution in [-0.2, 0) is 9.53 Å². The minimum Gasteiger partial charge on any atom is -0.480 e. The van der Waals surface area contributed by atoms with E-state index in [4.69, 9.17) is 21.4 Å². The number of carboxylic acid groups (broad SMARTS) is 1. The van der Waals surface area contributed by atoms with Crippen LogP contribution in [0.5, 0.6) is 0 Å². The van der Waals surface area contributed by atoms with Crippen LogP contribution >= 0.6 is 0 Å². The van der Waals surface area contributed by atoms with E-state index in [2.05, 4.69) is 15.7 Å². The molecule has 0 saturated heterocycles. The van der Waals surface area contributed by atoms with Gasteiger partial charge in [-0.2, -0.15) is 0 Å². The maximum atomic E-state index is 11.5. The van der Waals surface area contributed by atoms with E-state index in [-0.39, 0.29) is 12.4 Å². The number of hydrogen-bond donors (Lipinski definition) is 5. The van der Waals surface area contributed by atoms with E-state index in [1.54, 1.807) is 20.8 Å². The van der Waals surface area contributed by atoms with Crippen molar-refractivity contribution in [3.05, 3.63) is 0 Å². The van der Waals surface area contributed by atoms with Gasteiger partial charge in [-0.15, -0.1) is 0 Å². The molecule has 20 heavy (non-hydrogen) atoms. The Labute approximate surface area is 117 Å². The number of nitrogens with two attached hydrogens (primary N) is 2. The number of carbonyl (C=O) groups is 2. The first-order valence-corrected chi connectivity index (χ1v) is 6.14. The number of nitrogens with zero attached hydrogens (tertiary/aromatic N) is 1. The molecule has 0 radical (unpaired) electrons. The Balaban J connectivity index is 4.25.